The Morgan fingerprint density at radius 1 is 1.15 bits per heavy atom. The van der Waals surface area contributed by atoms with Gasteiger partial charge in [-0.3, -0.25) is 14.4 Å². The Kier molecular flexibility index (Phi) is 4.12. The molecule has 6 heteroatoms. The van der Waals surface area contributed by atoms with Gasteiger partial charge in [0, 0.05) is 23.8 Å². The SMILES string of the molecule is CC1(C)OC(=O)C(C(=O)Cc2ccc(I)cc2)C(=O)O1. The second kappa shape index (κ2) is 5.51. The van der Waals surface area contributed by atoms with Crippen molar-refractivity contribution in [2.75, 3.05) is 0 Å². The molecule has 0 spiro atoms. The van der Waals surface area contributed by atoms with Crippen molar-refractivity contribution in [1.29, 1.82) is 0 Å². The number of rotatable bonds is 3. The van der Waals surface area contributed by atoms with Crippen LogP contribution in [0.4, 0.5) is 0 Å². The zero-order valence-electron chi connectivity index (χ0n) is 11.0. The molecule has 1 aromatic carbocycles. The van der Waals surface area contributed by atoms with Crippen molar-refractivity contribution in [2.45, 2.75) is 26.1 Å². The molecular formula is C14H13IO5. The molecule has 2 rings (SSSR count). The van der Waals surface area contributed by atoms with Crippen LogP contribution < -0.4 is 0 Å². The molecule has 0 amide bonds. The minimum absolute atomic E-state index is 0.00772. The molecule has 1 aliphatic heterocycles. The van der Waals surface area contributed by atoms with Gasteiger partial charge in [-0.1, -0.05) is 12.1 Å². The van der Waals surface area contributed by atoms with Gasteiger partial charge in [-0.25, -0.2) is 0 Å². The second-order valence-corrected chi connectivity index (χ2v) is 6.19. The molecule has 20 heavy (non-hydrogen) atoms. The monoisotopic (exact) mass is 388 g/mol. The van der Waals surface area contributed by atoms with Crippen LogP contribution in [0.5, 0.6) is 0 Å². The summed E-state index contributed by atoms with van der Waals surface area (Å²) >= 11 is 2.15. The summed E-state index contributed by atoms with van der Waals surface area (Å²) in [5.74, 6) is -5.00. The Hall–Kier alpha value is -1.44. The van der Waals surface area contributed by atoms with Crippen LogP contribution in [0.25, 0.3) is 0 Å². The topological polar surface area (TPSA) is 69.7 Å². The van der Waals surface area contributed by atoms with Crippen LogP contribution in [-0.4, -0.2) is 23.5 Å². The van der Waals surface area contributed by atoms with E-state index in [0.717, 1.165) is 9.13 Å². The number of benzene rings is 1. The normalized spacial score (nSPS) is 18.4. The van der Waals surface area contributed by atoms with Crippen LogP contribution >= 0.6 is 22.6 Å². The lowest BCUT2D eigenvalue weighted by molar-refractivity contribution is -0.238. The molecule has 1 saturated heterocycles. The van der Waals surface area contributed by atoms with Crippen molar-refractivity contribution in [3.63, 3.8) is 0 Å². The van der Waals surface area contributed by atoms with E-state index in [2.05, 4.69) is 22.6 Å². The van der Waals surface area contributed by atoms with E-state index in [0.29, 0.717) is 0 Å². The van der Waals surface area contributed by atoms with Crippen molar-refractivity contribution < 1.29 is 23.9 Å². The zero-order chi connectivity index (χ0) is 14.9. The van der Waals surface area contributed by atoms with E-state index in [1.807, 2.05) is 12.1 Å². The van der Waals surface area contributed by atoms with Gasteiger partial charge in [0.15, 0.2) is 5.78 Å². The van der Waals surface area contributed by atoms with E-state index in [9.17, 15) is 14.4 Å². The lowest BCUT2D eigenvalue weighted by Gasteiger charge is -2.32. The standard InChI is InChI=1S/C14H13IO5/c1-14(2)19-12(17)11(13(18)20-14)10(16)7-8-3-5-9(15)6-4-8/h3-6,11H,7H2,1-2H3. The average Bonchev–Trinajstić information content (AvgIpc) is 2.29. The van der Waals surface area contributed by atoms with E-state index in [1.54, 1.807) is 12.1 Å². The predicted molar refractivity (Wildman–Crippen MR) is 77.6 cm³/mol. The van der Waals surface area contributed by atoms with E-state index in [-0.39, 0.29) is 6.42 Å². The maximum atomic E-state index is 12.1. The van der Waals surface area contributed by atoms with Gasteiger partial charge in [-0.2, -0.15) is 0 Å². The quantitative estimate of drug-likeness (QED) is 0.449. The minimum Gasteiger partial charge on any atom is -0.422 e. The van der Waals surface area contributed by atoms with Gasteiger partial charge in [0.1, 0.15) is 0 Å². The van der Waals surface area contributed by atoms with Gasteiger partial charge in [0.05, 0.1) is 0 Å². The first-order chi connectivity index (χ1) is 9.28. The average molecular weight is 388 g/mol. The summed E-state index contributed by atoms with van der Waals surface area (Å²) in [6.07, 6.45) is -0.00772. The first-order valence-electron chi connectivity index (χ1n) is 6.01. The highest BCUT2D eigenvalue weighted by atomic mass is 127. The first-order valence-corrected chi connectivity index (χ1v) is 7.09. The van der Waals surface area contributed by atoms with Crippen LogP contribution in [0, 0.1) is 9.49 Å². The highest BCUT2D eigenvalue weighted by molar-refractivity contribution is 14.1. The number of ketones is 1. The number of ether oxygens (including phenoxy) is 2. The Morgan fingerprint density at radius 2 is 1.65 bits per heavy atom. The number of carbonyl (C=O) groups excluding carboxylic acids is 3. The maximum Gasteiger partial charge on any atom is 0.331 e. The largest absolute Gasteiger partial charge is 0.422 e. The highest BCUT2D eigenvalue weighted by Gasteiger charge is 2.46. The Morgan fingerprint density at radius 3 is 2.15 bits per heavy atom. The highest BCUT2D eigenvalue weighted by Crippen LogP contribution is 2.24. The van der Waals surface area contributed by atoms with Crippen molar-refractivity contribution in [3.8, 4) is 0 Å². The molecule has 0 unspecified atom stereocenters. The zero-order valence-corrected chi connectivity index (χ0v) is 13.2. The third-order valence-electron chi connectivity index (χ3n) is 2.78. The molecule has 1 heterocycles. The van der Waals surface area contributed by atoms with Crippen molar-refractivity contribution in [3.05, 3.63) is 33.4 Å². The van der Waals surface area contributed by atoms with Crippen LogP contribution in [0.1, 0.15) is 19.4 Å². The number of hydrogen-bond acceptors (Lipinski definition) is 5. The summed E-state index contributed by atoms with van der Waals surface area (Å²) in [6.45, 7) is 2.89. The van der Waals surface area contributed by atoms with Crippen molar-refractivity contribution >= 4 is 40.3 Å². The second-order valence-electron chi connectivity index (χ2n) is 4.94. The molecule has 0 saturated carbocycles. The lowest BCUT2D eigenvalue weighted by Crippen LogP contribution is -2.49. The number of hydrogen-bond donors (Lipinski definition) is 0. The van der Waals surface area contributed by atoms with Crippen LogP contribution in [0.2, 0.25) is 0 Å². The van der Waals surface area contributed by atoms with E-state index >= 15 is 0 Å². The van der Waals surface area contributed by atoms with Gasteiger partial charge in [0.25, 0.3) is 5.79 Å². The summed E-state index contributed by atoms with van der Waals surface area (Å²) in [7, 11) is 0. The molecule has 0 atom stereocenters. The molecule has 106 valence electrons. The van der Waals surface area contributed by atoms with Crippen molar-refractivity contribution in [2.24, 2.45) is 5.92 Å². The van der Waals surface area contributed by atoms with Crippen LogP contribution in [-0.2, 0) is 30.3 Å². The van der Waals surface area contributed by atoms with Gasteiger partial charge in [-0.05, 0) is 40.3 Å². The molecule has 0 N–H and O–H groups in total. The molecule has 0 aromatic heterocycles. The fourth-order valence-electron chi connectivity index (χ4n) is 1.89. The smallest absolute Gasteiger partial charge is 0.331 e. The summed E-state index contributed by atoms with van der Waals surface area (Å²) in [5.41, 5.74) is 0.737. The van der Waals surface area contributed by atoms with Crippen LogP contribution in [0.15, 0.2) is 24.3 Å². The Bertz CT molecular complexity index is 541. The Labute approximate surface area is 129 Å². The Balaban J connectivity index is 2.11. The molecular weight excluding hydrogens is 375 g/mol. The van der Waals surface area contributed by atoms with Gasteiger partial charge in [0.2, 0.25) is 5.92 Å². The number of carbonyl (C=O) groups is 3. The minimum atomic E-state index is -1.48. The third-order valence-corrected chi connectivity index (χ3v) is 3.50. The molecule has 0 radical (unpaired) electrons. The van der Waals surface area contributed by atoms with Crippen LogP contribution in [0.3, 0.4) is 0 Å². The lowest BCUT2D eigenvalue weighted by atomic mass is 9.97. The van der Waals surface area contributed by atoms with Gasteiger partial charge in [-0.15, -0.1) is 0 Å². The summed E-state index contributed by atoms with van der Waals surface area (Å²) in [6, 6.07) is 7.26. The summed E-state index contributed by atoms with van der Waals surface area (Å²) in [5, 5.41) is 0. The third kappa shape index (κ3) is 3.36. The number of esters is 2. The summed E-state index contributed by atoms with van der Waals surface area (Å²) < 4.78 is 10.9. The fourth-order valence-corrected chi connectivity index (χ4v) is 2.25. The molecule has 1 fully saturated rings. The van der Waals surface area contributed by atoms with E-state index < -0.39 is 29.4 Å². The fraction of sp³-hybridized carbons (Fsp3) is 0.357. The summed E-state index contributed by atoms with van der Waals surface area (Å²) in [4.78, 5) is 35.6. The van der Waals surface area contributed by atoms with Gasteiger partial charge >= 0.3 is 11.9 Å². The first kappa shape index (κ1) is 15.0. The number of Topliss-reactive ketones (excluding diaryl/α,β-unsaturated/α-hetero) is 1. The molecule has 0 aliphatic carbocycles. The van der Waals surface area contributed by atoms with E-state index in [4.69, 9.17) is 9.47 Å². The van der Waals surface area contributed by atoms with E-state index in [1.165, 1.54) is 13.8 Å². The van der Waals surface area contributed by atoms with Gasteiger partial charge < -0.3 is 9.47 Å². The van der Waals surface area contributed by atoms with Crippen molar-refractivity contribution in [1.82, 2.24) is 0 Å². The number of cyclic esters (lactones) is 2. The maximum absolute atomic E-state index is 12.1. The molecule has 5 nitrogen and oxygen atoms in total. The number of halogens is 1. The molecule has 0 bridgehead atoms. The molecule has 1 aliphatic rings. The molecule has 1 aromatic rings. The predicted octanol–water partition coefficient (Wildman–Crippen LogP) is 1.86.